The lowest BCUT2D eigenvalue weighted by atomic mass is 10.2. The highest BCUT2D eigenvalue weighted by Gasteiger charge is 2.05. The number of nitrogens with zero attached hydrogens (tertiary/aromatic N) is 3. The molecule has 2 heterocycles. The first kappa shape index (κ1) is 13.5. The van der Waals surface area contributed by atoms with E-state index in [9.17, 15) is 0 Å². The molecule has 0 aliphatic rings. The predicted octanol–water partition coefficient (Wildman–Crippen LogP) is 1.88. The quantitative estimate of drug-likeness (QED) is 0.741. The topological polar surface area (TPSA) is 75.9 Å². The van der Waals surface area contributed by atoms with Gasteiger partial charge in [0.25, 0.3) is 0 Å². The average molecular weight is 261 g/mol. The second-order valence-electron chi connectivity index (χ2n) is 4.33. The third-order valence-electron chi connectivity index (χ3n) is 2.74. The molecule has 0 atom stereocenters. The fourth-order valence-electron chi connectivity index (χ4n) is 1.64. The molecule has 2 N–H and O–H groups in total. The Morgan fingerprint density at radius 1 is 1.26 bits per heavy atom. The summed E-state index contributed by atoms with van der Waals surface area (Å²) in [5, 5.41) is 14.3. The minimum atomic E-state index is 0.449. The summed E-state index contributed by atoms with van der Waals surface area (Å²) in [5.74, 6) is 0.599. The zero-order chi connectivity index (χ0) is 13.5. The van der Waals surface area contributed by atoms with Gasteiger partial charge in [-0.1, -0.05) is 12.0 Å². The first-order valence-corrected chi connectivity index (χ1v) is 6.46. The fraction of sp³-hybridized carbons (Fsp3) is 0.462. The Morgan fingerprint density at radius 3 is 2.95 bits per heavy atom. The molecule has 0 aliphatic carbocycles. The molecule has 0 amide bonds. The van der Waals surface area contributed by atoms with E-state index in [4.69, 9.17) is 4.42 Å². The van der Waals surface area contributed by atoms with Gasteiger partial charge in [-0.25, -0.2) is 0 Å². The Balaban J connectivity index is 1.85. The maximum absolute atomic E-state index is 5.48. The molecule has 0 bridgehead atoms. The molecule has 0 aliphatic heterocycles. The lowest BCUT2D eigenvalue weighted by molar-refractivity contribution is 0.477. The highest BCUT2D eigenvalue weighted by molar-refractivity contribution is 5.27. The summed E-state index contributed by atoms with van der Waals surface area (Å²) in [7, 11) is 0. The van der Waals surface area contributed by atoms with Crippen LogP contribution >= 0.6 is 0 Å². The zero-order valence-corrected chi connectivity index (χ0v) is 11.3. The standard InChI is InChI=1S/C13H19N5O/c1-3-5-14-9-12-17-18-13(19-12)16-8-11-4-6-15-7-10(11)2/h4,6-7,14H,3,5,8-9H2,1-2H3,(H,16,18). The van der Waals surface area contributed by atoms with Crippen molar-refractivity contribution >= 4 is 6.01 Å². The number of anilines is 1. The van der Waals surface area contributed by atoms with Gasteiger partial charge in [-0.3, -0.25) is 4.98 Å². The van der Waals surface area contributed by atoms with E-state index in [1.54, 1.807) is 6.20 Å². The van der Waals surface area contributed by atoms with Crippen molar-refractivity contribution in [3.8, 4) is 0 Å². The Bertz CT molecular complexity index is 511. The van der Waals surface area contributed by atoms with Gasteiger partial charge in [0, 0.05) is 18.9 Å². The molecule has 0 aromatic carbocycles. The van der Waals surface area contributed by atoms with Crippen LogP contribution in [0.1, 0.15) is 30.4 Å². The number of rotatable bonds is 7. The molecule has 0 saturated carbocycles. The minimum absolute atomic E-state index is 0.449. The molecule has 2 rings (SSSR count). The number of nitrogens with one attached hydrogen (secondary N) is 2. The average Bonchev–Trinajstić information content (AvgIpc) is 2.86. The van der Waals surface area contributed by atoms with E-state index < -0.39 is 0 Å². The Kier molecular flexibility index (Phi) is 4.85. The monoisotopic (exact) mass is 261 g/mol. The van der Waals surface area contributed by atoms with Gasteiger partial charge in [0.05, 0.1) is 6.54 Å². The highest BCUT2D eigenvalue weighted by atomic mass is 16.4. The fourth-order valence-corrected chi connectivity index (χ4v) is 1.64. The lowest BCUT2D eigenvalue weighted by Crippen LogP contribution is -2.13. The molecular weight excluding hydrogens is 242 g/mol. The second-order valence-corrected chi connectivity index (χ2v) is 4.33. The van der Waals surface area contributed by atoms with Crippen LogP contribution in [0.15, 0.2) is 22.9 Å². The van der Waals surface area contributed by atoms with E-state index in [2.05, 4.69) is 32.7 Å². The van der Waals surface area contributed by atoms with Crippen molar-refractivity contribution in [2.75, 3.05) is 11.9 Å². The van der Waals surface area contributed by atoms with E-state index in [0.717, 1.165) is 18.5 Å². The van der Waals surface area contributed by atoms with Crippen molar-refractivity contribution in [1.82, 2.24) is 20.5 Å². The lowest BCUT2D eigenvalue weighted by Gasteiger charge is -2.04. The van der Waals surface area contributed by atoms with Crippen molar-refractivity contribution in [2.24, 2.45) is 0 Å². The van der Waals surface area contributed by atoms with Gasteiger partial charge in [-0.2, -0.15) is 0 Å². The first-order chi connectivity index (χ1) is 9.29. The molecule has 2 aromatic rings. The van der Waals surface area contributed by atoms with Crippen LogP contribution in [0.3, 0.4) is 0 Å². The van der Waals surface area contributed by atoms with Crippen LogP contribution in [-0.4, -0.2) is 21.7 Å². The van der Waals surface area contributed by atoms with E-state index >= 15 is 0 Å². The first-order valence-electron chi connectivity index (χ1n) is 6.46. The summed E-state index contributed by atoms with van der Waals surface area (Å²) in [5.41, 5.74) is 2.30. The maximum Gasteiger partial charge on any atom is 0.315 e. The summed E-state index contributed by atoms with van der Waals surface area (Å²) in [6, 6.07) is 2.42. The second kappa shape index (κ2) is 6.84. The van der Waals surface area contributed by atoms with Crippen LogP contribution < -0.4 is 10.6 Å². The van der Waals surface area contributed by atoms with Crippen LogP contribution in [0.4, 0.5) is 6.01 Å². The maximum atomic E-state index is 5.48. The van der Waals surface area contributed by atoms with Crippen LogP contribution in [0.25, 0.3) is 0 Å². The number of aryl methyl sites for hydroxylation is 1. The van der Waals surface area contributed by atoms with Crippen molar-refractivity contribution < 1.29 is 4.42 Å². The number of pyridine rings is 1. The summed E-state index contributed by atoms with van der Waals surface area (Å²) < 4.78 is 5.48. The van der Waals surface area contributed by atoms with E-state index in [0.29, 0.717) is 25.0 Å². The zero-order valence-electron chi connectivity index (χ0n) is 11.3. The summed E-state index contributed by atoms with van der Waals surface area (Å²) in [4.78, 5) is 4.06. The van der Waals surface area contributed by atoms with E-state index in [-0.39, 0.29) is 0 Å². The SMILES string of the molecule is CCCNCc1nnc(NCc2ccncc2C)o1. The van der Waals surface area contributed by atoms with Crippen LogP contribution in [0.2, 0.25) is 0 Å². The van der Waals surface area contributed by atoms with E-state index in [1.165, 1.54) is 5.56 Å². The predicted molar refractivity (Wildman–Crippen MR) is 72.6 cm³/mol. The van der Waals surface area contributed by atoms with Gasteiger partial charge >= 0.3 is 6.01 Å². The van der Waals surface area contributed by atoms with Crippen LogP contribution in [0.5, 0.6) is 0 Å². The number of hydrogen-bond donors (Lipinski definition) is 2. The third-order valence-corrected chi connectivity index (χ3v) is 2.74. The summed E-state index contributed by atoms with van der Waals surface area (Å²) in [6.07, 6.45) is 4.70. The Hall–Kier alpha value is -1.95. The van der Waals surface area contributed by atoms with Crippen molar-refractivity contribution in [3.05, 3.63) is 35.5 Å². The normalized spacial score (nSPS) is 10.6. The molecule has 2 aromatic heterocycles. The van der Waals surface area contributed by atoms with Gasteiger partial charge in [-0.15, -0.1) is 5.10 Å². The molecule has 0 unspecified atom stereocenters. The third kappa shape index (κ3) is 4.03. The largest absolute Gasteiger partial charge is 0.407 e. The minimum Gasteiger partial charge on any atom is -0.407 e. The van der Waals surface area contributed by atoms with Crippen molar-refractivity contribution in [1.29, 1.82) is 0 Å². The molecule has 6 nitrogen and oxygen atoms in total. The Morgan fingerprint density at radius 2 is 2.16 bits per heavy atom. The summed E-state index contributed by atoms with van der Waals surface area (Å²) in [6.45, 7) is 6.35. The van der Waals surface area contributed by atoms with Gasteiger partial charge in [-0.05, 0) is 37.1 Å². The van der Waals surface area contributed by atoms with Gasteiger partial charge in [0.1, 0.15) is 0 Å². The van der Waals surface area contributed by atoms with E-state index in [1.807, 2.05) is 19.2 Å². The van der Waals surface area contributed by atoms with Crippen molar-refractivity contribution in [2.45, 2.75) is 33.4 Å². The van der Waals surface area contributed by atoms with Gasteiger partial charge in [0.2, 0.25) is 5.89 Å². The Labute approximate surface area is 112 Å². The molecule has 0 saturated heterocycles. The molecule has 102 valence electrons. The highest BCUT2D eigenvalue weighted by Crippen LogP contribution is 2.10. The molecule has 0 fully saturated rings. The molecule has 6 heteroatoms. The smallest absolute Gasteiger partial charge is 0.315 e. The number of hydrogen-bond acceptors (Lipinski definition) is 6. The number of aromatic nitrogens is 3. The van der Waals surface area contributed by atoms with Gasteiger partial charge in [0.15, 0.2) is 0 Å². The van der Waals surface area contributed by atoms with Gasteiger partial charge < -0.3 is 15.1 Å². The molecule has 0 radical (unpaired) electrons. The molecular formula is C13H19N5O. The van der Waals surface area contributed by atoms with Crippen LogP contribution in [-0.2, 0) is 13.1 Å². The van der Waals surface area contributed by atoms with Crippen LogP contribution in [0, 0.1) is 6.92 Å². The van der Waals surface area contributed by atoms with Crippen molar-refractivity contribution in [3.63, 3.8) is 0 Å². The molecule has 19 heavy (non-hydrogen) atoms. The summed E-state index contributed by atoms with van der Waals surface area (Å²) >= 11 is 0. The molecule has 0 spiro atoms.